The first-order valence-electron chi connectivity index (χ1n) is 16.5. The number of piperidine rings is 1. The number of likely N-dealkylation sites (tertiary alicyclic amines) is 1. The highest BCUT2D eigenvalue weighted by atomic mass is 16.2. The number of nitriles is 1. The van der Waals surface area contributed by atoms with Crippen LogP contribution in [0.4, 0.5) is 23.0 Å². The molecule has 3 aromatic carbocycles. The topological polar surface area (TPSA) is 93.4 Å². The average molecular weight is 639 g/mol. The first-order chi connectivity index (χ1) is 22.8. The maximum atomic E-state index is 13.7. The predicted molar refractivity (Wildman–Crippen MR) is 191 cm³/mol. The van der Waals surface area contributed by atoms with E-state index in [1.165, 1.54) is 4.90 Å². The molecule has 6 rings (SSSR count). The zero-order chi connectivity index (χ0) is 34.8. The van der Waals surface area contributed by atoms with Crippen molar-refractivity contribution >= 4 is 45.9 Å². The van der Waals surface area contributed by atoms with Gasteiger partial charge in [0.25, 0.3) is 5.91 Å². The van der Waals surface area contributed by atoms with E-state index in [1.54, 1.807) is 19.9 Å². The Labute approximate surface area is 283 Å². The average Bonchev–Trinajstić information content (AvgIpc) is 3.28. The third-order valence-electron chi connectivity index (χ3n) is 9.73. The largest absolute Gasteiger partial charge is 0.278 e. The molecule has 0 spiro atoms. The lowest BCUT2D eigenvalue weighted by Gasteiger charge is -2.33. The molecule has 0 bridgehead atoms. The van der Waals surface area contributed by atoms with Crippen molar-refractivity contribution in [2.45, 2.75) is 69.2 Å². The van der Waals surface area contributed by atoms with Gasteiger partial charge >= 0.3 is 0 Å². The lowest BCUT2D eigenvalue weighted by atomic mass is 9.82. The molecule has 2 unspecified atom stereocenters. The standard InChI is InChI=1S/C40H42N6O2/c1-11-44-39(47)30(29(10)31(20-41)40(44)48)12-13-34-45(35-25(6)14-21(2)15-26(35)7)37-38(43-33-19-24(5)23(4)18-32(33)42-37)46(34)36-27(8)16-22(3)17-28(36)9/h12-19,29,31H,11H2,1-10H3/b30-12-. The quantitative estimate of drug-likeness (QED) is 0.164. The van der Waals surface area contributed by atoms with Crippen LogP contribution in [0.3, 0.4) is 0 Å². The predicted octanol–water partition coefficient (Wildman–Crippen LogP) is 8.32. The summed E-state index contributed by atoms with van der Waals surface area (Å²) in [6.07, 6.45) is 3.73. The Morgan fingerprint density at radius 3 is 1.54 bits per heavy atom. The number of hydrogen-bond acceptors (Lipinski definition) is 7. The van der Waals surface area contributed by atoms with Crippen LogP contribution in [0, 0.1) is 78.6 Å². The van der Waals surface area contributed by atoms with Crippen LogP contribution < -0.4 is 9.80 Å². The van der Waals surface area contributed by atoms with E-state index in [0.29, 0.717) is 17.2 Å². The summed E-state index contributed by atoms with van der Waals surface area (Å²) < 4.78 is 0. The van der Waals surface area contributed by atoms with Gasteiger partial charge in [0, 0.05) is 18.0 Å². The van der Waals surface area contributed by atoms with Gasteiger partial charge in [-0.05, 0) is 120 Å². The third kappa shape index (κ3) is 5.14. The number of nitrogens with zero attached hydrogens (tertiary/aromatic N) is 6. The summed E-state index contributed by atoms with van der Waals surface area (Å²) in [4.78, 5) is 42.8. The van der Waals surface area contributed by atoms with E-state index in [4.69, 9.17) is 9.97 Å². The molecule has 1 fully saturated rings. The van der Waals surface area contributed by atoms with E-state index in [2.05, 4.69) is 108 Å². The van der Waals surface area contributed by atoms with Gasteiger partial charge in [-0.25, -0.2) is 9.97 Å². The summed E-state index contributed by atoms with van der Waals surface area (Å²) in [5.74, 6) is -0.202. The highest BCUT2D eigenvalue weighted by molar-refractivity contribution is 6.09. The fraction of sp³-hybridized carbons (Fsp3) is 0.325. The van der Waals surface area contributed by atoms with Crippen LogP contribution in [0.25, 0.3) is 11.0 Å². The Bertz CT molecular complexity index is 2000. The zero-order valence-corrected chi connectivity index (χ0v) is 29.5. The van der Waals surface area contributed by atoms with Crippen molar-refractivity contribution in [1.82, 2.24) is 14.9 Å². The minimum Gasteiger partial charge on any atom is -0.278 e. The van der Waals surface area contributed by atoms with Gasteiger partial charge in [-0.1, -0.05) is 42.3 Å². The molecule has 2 atom stereocenters. The highest BCUT2D eigenvalue weighted by Crippen LogP contribution is 2.51. The van der Waals surface area contributed by atoms with Crippen LogP contribution >= 0.6 is 0 Å². The van der Waals surface area contributed by atoms with E-state index in [9.17, 15) is 14.9 Å². The van der Waals surface area contributed by atoms with Gasteiger partial charge in [-0.3, -0.25) is 24.3 Å². The monoisotopic (exact) mass is 638 g/mol. The Kier molecular flexibility index (Phi) is 8.20. The van der Waals surface area contributed by atoms with Crippen LogP contribution in [-0.4, -0.2) is 33.2 Å². The normalized spacial score (nSPS) is 18.6. The second-order valence-electron chi connectivity index (χ2n) is 13.4. The van der Waals surface area contributed by atoms with Crippen molar-refractivity contribution in [1.29, 1.82) is 5.26 Å². The van der Waals surface area contributed by atoms with Gasteiger partial charge in [0.05, 0.1) is 28.5 Å². The van der Waals surface area contributed by atoms with Gasteiger partial charge in [-0.15, -0.1) is 0 Å². The Balaban J connectivity index is 1.72. The third-order valence-corrected chi connectivity index (χ3v) is 9.73. The number of carbonyl (C=O) groups is 2. The Hall–Kier alpha value is -5.29. The molecule has 0 N–H and O–H groups in total. The van der Waals surface area contributed by atoms with Gasteiger partial charge in [0.1, 0.15) is 11.7 Å². The number of aromatic nitrogens is 2. The number of fused-ring (bicyclic) bond motifs is 2. The van der Waals surface area contributed by atoms with Gasteiger partial charge < -0.3 is 0 Å². The summed E-state index contributed by atoms with van der Waals surface area (Å²) in [5.41, 5.74) is 12.9. The van der Waals surface area contributed by atoms with Gasteiger partial charge in [0.15, 0.2) is 11.6 Å². The van der Waals surface area contributed by atoms with Crippen LogP contribution in [0.5, 0.6) is 0 Å². The lowest BCUT2D eigenvalue weighted by Crippen LogP contribution is -2.49. The van der Waals surface area contributed by atoms with Crippen LogP contribution in [0.1, 0.15) is 58.4 Å². The fourth-order valence-electron chi connectivity index (χ4n) is 7.42. The number of allylic oxidation sites excluding steroid dienone is 2. The number of amides is 2. The number of benzene rings is 3. The summed E-state index contributed by atoms with van der Waals surface area (Å²) in [6.45, 7) is 20.5. The van der Waals surface area contributed by atoms with E-state index in [-0.39, 0.29) is 12.5 Å². The first kappa shape index (κ1) is 32.6. The van der Waals surface area contributed by atoms with E-state index < -0.39 is 17.7 Å². The molecule has 0 saturated carbocycles. The van der Waals surface area contributed by atoms with Crippen LogP contribution in [0.2, 0.25) is 0 Å². The molecule has 8 heteroatoms. The van der Waals surface area contributed by atoms with Crippen LogP contribution in [-0.2, 0) is 9.59 Å². The number of carbonyl (C=O) groups excluding carboxylic acids is 2. The SMILES string of the molecule is CCN1C(=O)/C(=C\C=C2N(c3c(C)cc(C)cc3C)c3nc4cc(C)c(C)cc4nc3N2c2c(C)cc(C)cc2C)C(C)C(C#N)C1=O. The summed E-state index contributed by atoms with van der Waals surface area (Å²) in [6, 6.07) is 15.0. The van der Waals surface area contributed by atoms with Gasteiger partial charge in [-0.2, -0.15) is 5.26 Å². The summed E-state index contributed by atoms with van der Waals surface area (Å²) >= 11 is 0. The molecule has 1 aromatic heterocycles. The number of hydrogen-bond donors (Lipinski definition) is 0. The zero-order valence-electron chi connectivity index (χ0n) is 29.5. The maximum Gasteiger partial charge on any atom is 0.256 e. The van der Waals surface area contributed by atoms with Crippen molar-refractivity contribution in [3.63, 3.8) is 0 Å². The van der Waals surface area contributed by atoms with Gasteiger partial charge in [0.2, 0.25) is 5.91 Å². The molecule has 48 heavy (non-hydrogen) atoms. The van der Waals surface area contributed by atoms with E-state index in [0.717, 1.165) is 72.7 Å². The van der Waals surface area contributed by atoms with Crippen molar-refractivity contribution in [3.05, 3.63) is 104 Å². The maximum absolute atomic E-state index is 13.7. The molecule has 244 valence electrons. The molecular formula is C40H42N6O2. The fourth-order valence-corrected chi connectivity index (χ4v) is 7.42. The van der Waals surface area contributed by atoms with E-state index in [1.807, 2.05) is 6.08 Å². The second-order valence-corrected chi connectivity index (χ2v) is 13.4. The minimum atomic E-state index is -0.941. The second kappa shape index (κ2) is 12.1. The molecule has 0 aliphatic carbocycles. The van der Waals surface area contributed by atoms with Crippen molar-refractivity contribution in [3.8, 4) is 6.07 Å². The molecule has 2 amide bonds. The lowest BCUT2D eigenvalue weighted by molar-refractivity contribution is -0.148. The van der Waals surface area contributed by atoms with Crippen LogP contribution in [0.15, 0.2) is 59.9 Å². The number of rotatable bonds is 4. The summed E-state index contributed by atoms with van der Waals surface area (Å²) in [5, 5.41) is 9.94. The number of likely N-dealkylation sites (N-methyl/N-ethyl adjacent to an activating group) is 1. The van der Waals surface area contributed by atoms with Crippen molar-refractivity contribution in [2.75, 3.05) is 16.3 Å². The highest BCUT2D eigenvalue weighted by Gasteiger charge is 2.43. The molecule has 1 saturated heterocycles. The molecule has 0 radical (unpaired) electrons. The van der Waals surface area contributed by atoms with E-state index >= 15 is 0 Å². The number of aryl methyl sites for hydroxylation is 8. The van der Waals surface area contributed by atoms with Crippen molar-refractivity contribution < 1.29 is 9.59 Å². The molecule has 2 aliphatic rings. The minimum absolute atomic E-state index is 0.197. The van der Waals surface area contributed by atoms with Crippen molar-refractivity contribution in [2.24, 2.45) is 11.8 Å². The first-order valence-corrected chi connectivity index (χ1v) is 16.5. The number of imide groups is 1. The smallest absolute Gasteiger partial charge is 0.256 e. The summed E-state index contributed by atoms with van der Waals surface area (Å²) in [7, 11) is 0. The Morgan fingerprint density at radius 2 is 1.15 bits per heavy atom. The molecular weight excluding hydrogens is 596 g/mol. The molecule has 3 heterocycles. The Morgan fingerprint density at radius 1 is 0.708 bits per heavy atom. The molecule has 4 aromatic rings. The molecule has 8 nitrogen and oxygen atoms in total. The molecule has 2 aliphatic heterocycles. The number of anilines is 4.